The first-order valence-electron chi connectivity index (χ1n) is 5.11. The first-order valence-corrected chi connectivity index (χ1v) is 5.93. The molecule has 1 amide bonds. The van der Waals surface area contributed by atoms with Gasteiger partial charge in [0, 0.05) is 0 Å². The number of thiophene rings is 1. The van der Waals surface area contributed by atoms with Crippen LogP contribution >= 0.6 is 11.3 Å². The first kappa shape index (κ1) is 13.2. The Kier molecular flexibility index (Phi) is 3.58. The third kappa shape index (κ3) is 2.61. The summed E-state index contributed by atoms with van der Waals surface area (Å²) in [4.78, 5) is 45.2. The second-order valence-electron chi connectivity index (χ2n) is 3.58. The smallest absolute Gasteiger partial charge is 0.332 e. The van der Waals surface area contributed by atoms with Crippen molar-refractivity contribution in [3.63, 3.8) is 0 Å². The summed E-state index contributed by atoms with van der Waals surface area (Å²) in [5.41, 5.74) is 2.15. The maximum absolute atomic E-state index is 11.8. The molecule has 8 nitrogen and oxygen atoms in total. The minimum absolute atomic E-state index is 0.254. The van der Waals surface area contributed by atoms with E-state index in [0.717, 1.165) is 11.3 Å². The Balaban J connectivity index is 2.28. The molecule has 0 aliphatic heterocycles. The van der Waals surface area contributed by atoms with Gasteiger partial charge in [-0.3, -0.25) is 14.4 Å². The number of carboxylic acid groups (broad SMARTS) is 1. The predicted molar refractivity (Wildman–Crippen MR) is 66.0 cm³/mol. The summed E-state index contributed by atoms with van der Waals surface area (Å²) in [6.07, 6.45) is 1.25. The molecule has 0 atom stereocenters. The van der Waals surface area contributed by atoms with Crippen molar-refractivity contribution in [3.05, 3.63) is 27.1 Å². The van der Waals surface area contributed by atoms with Crippen molar-refractivity contribution < 1.29 is 19.5 Å². The number of aliphatic carboxylic acids is 1. The van der Waals surface area contributed by atoms with Crippen LogP contribution in [0.3, 0.4) is 0 Å². The SMILES string of the molecule is Cc1c(C(=O)NOCC(=O)O)sc2nc[nH]c(=O)c12. The van der Waals surface area contributed by atoms with Gasteiger partial charge in [-0.25, -0.2) is 15.3 Å². The second-order valence-corrected chi connectivity index (χ2v) is 4.58. The van der Waals surface area contributed by atoms with Crippen LogP contribution in [0.2, 0.25) is 0 Å². The van der Waals surface area contributed by atoms with E-state index in [1.165, 1.54) is 6.33 Å². The van der Waals surface area contributed by atoms with Crippen molar-refractivity contribution in [2.24, 2.45) is 0 Å². The highest BCUT2D eigenvalue weighted by molar-refractivity contribution is 7.20. The summed E-state index contributed by atoms with van der Waals surface area (Å²) in [5.74, 6) is -1.81. The number of H-pyrrole nitrogens is 1. The van der Waals surface area contributed by atoms with E-state index in [1.807, 2.05) is 5.48 Å². The van der Waals surface area contributed by atoms with Gasteiger partial charge in [0.2, 0.25) is 0 Å². The van der Waals surface area contributed by atoms with E-state index in [1.54, 1.807) is 6.92 Å². The Morgan fingerprint density at radius 1 is 1.58 bits per heavy atom. The van der Waals surface area contributed by atoms with Gasteiger partial charge in [0.05, 0.1) is 16.6 Å². The maximum atomic E-state index is 11.8. The average molecular weight is 283 g/mol. The Morgan fingerprint density at radius 3 is 2.95 bits per heavy atom. The van der Waals surface area contributed by atoms with Crippen LogP contribution in [0.15, 0.2) is 11.1 Å². The quantitative estimate of drug-likeness (QED) is 0.681. The number of carbonyl (C=O) groups excluding carboxylic acids is 1. The minimum Gasteiger partial charge on any atom is -0.479 e. The molecule has 0 saturated heterocycles. The number of aromatic amines is 1. The summed E-state index contributed by atoms with van der Waals surface area (Å²) in [6, 6.07) is 0. The van der Waals surface area contributed by atoms with Crippen molar-refractivity contribution >= 4 is 33.4 Å². The van der Waals surface area contributed by atoms with Gasteiger partial charge in [-0.1, -0.05) is 0 Å². The molecule has 0 fully saturated rings. The fourth-order valence-electron chi connectivity index (χ4n) is 1.50. The number of amides is 1. The van der Waals surface area contributed by atoms with Gasteiger partial charge in [-0.15, -0.1) is 11.3 Å². The molecule has 0 unspecified atom stereocenters. The number of fused-ring (bicyclic) bond motifs is 1. The van der Waals surface area contributed by atoms with Crippen LogP contribution in [-0.2, 0) is 9.63 Å². The predicted octanol–water partition coefficient (Wildman–Crippen LogP) is 0.0390. The van der Waals surface area contributed by atoms with E-state index in [4.69, 9.17) is 5.11 Å². The van der Waals surface area contributed by atoms with Gasteiger partial charge in [0.1, 0.15) is 4.83 Å². The standard InChI is InChI=1S/C10H9N3O5S/c1-4-6-8(16)11-3-12-10(6)19-7(4)9(17)13-18-2-5(14)15/h3H,2H2,1H3,(H,13,17)(H,14,15)(H,11,12,16). The number of hydroxylamine groups is 1. The van der Waals surface area contributed by atoms with E-state index < -0.39 is 18.5 Å². The van der Waals surface area contributed by atoms with Gasteiger partial charge in [0.25, 0.3) is 11.5 Å². The van der Waals surface area contributed by atoms with Crippen LogP contribution in [0.4, 0.5) is 0 Å². The van der Waals surface area contributed by atoms with Crippen LogP contribution in [0.1, 0.15) is 15.2 Å². The van der Waals surface area contributed by atoms with Crippen LogP contribution in [0, 0.1) is 6.92 Å². The molecule has 100 valence electrons. The van der Waals surface area contributed by atoms with Crippen LogP contribution in [-0.4, -0.2) is 33.6 Å². The van der Waals surface area contributed by atoms with Gasteiger partial charge >= 0.3 is 5.97 Å². The lowest BCUT2D eigenvalue weighted by Crippen LogP contribution is -2.26. The Hall–Kier alpha value is -2.26. The molecule has 0 spiro atoms. The molecule has 0 aliphatic carbocycles. The summed E-state index contributed by atoms with van der Waals surface area (Å²) in [6.45, 7) is 0.969. The molecular formula is C10H9N3O5S. The largest absolute Gasteiger partial charge is 0.479 e. The molecule has 2 rings (SSSR count). The van der Waals surface area contributed by atoms with Crippen molar-refractivity contribution in [2.45, 2.75) is 6.92 Å². The monoisotopic (exact) mass is 283 g/mol. The highest BCUT2D eigenvalue weighted by Gasteiger charge is 2.18. The van der Waals surface area contributed by atoms with E-state index >= 15 is 0 Å². The molecule has 2 aromatic heterocycles. The average Bonchev–Trinajstić information content (AvgIpc) is 2.67. The van der Waals surface area contributed by atoms with Crippen LogP contribution in [0.5, 0.6) is 0 Å². The summed E-state index contributed by atoms with van der Waals surface area (Å²) in [5, 5.41) is 8.72. The number of aromatic nitrogens is 2. The highest BCUT2D eigenvalue weighted by atomic mass is 32.1. The zero-order valence-electron chi connectivity index (χ0n) is 9.72. The van der Waals surface area contributed by atoms with Crippen molar-refractivity contribution in [2.75, 3.05) is 6.61 Å². The maximum Gasteiger partial charge on any atom is 0.332 e. The summed E-state index contributed by atoms with van der Waals surface area (Å²) < 4.78 is 0. The van der Waals surface area contributed by atoms with Gasteiger partial charge in [-0.2, -0.15) is 0 Å². The molecule has 0 bridgehead atoms. The second kappa shape index (κ2) is 5.16. The number of hydrogen-bond acceptors (Lipinski definition) is 6. The number of carboxylic acids is 1. The Labute approximate surface area is 110 Å². The highest BCUT2D eigenvalue weighted by Crippen LogP contribution is 2.26. The van der Waals surface area contributed by atoms with E-state index in [-0.39, 0.29) is 10.4 Å². The molecule has 0 aliphatic rings. The zero-order chi connectivity index (χ0) is 14.0. The lowest BCUT2D eigenvalue weighted by atomic mass is 10.2. The van der Waals surface area contributed by atoms with E-state index in [0.29, 0.717) is 15.8 Å². The molecular weight excluding hydrogens is 274 g/mol. The van der Waals surface area contributed by atoms with Crippen LogP contribution in [0.25, 0.3) is 10.2 Å². The van der Waals surface area contributed by atoms with E-state index in [2.05, 4.69) is 14.8 Å². The molecule has 0 saturated carbocycles. The lowest BCUT2D eigenvalue weighted by molar-refractivity contribution is -0.144. The summed E-state index contributed by atoms with van der Waals surface area (Å²) >= 11 is 1.03. The van der Waals surface area contributed by atoms with Gasteiger partial charge in [0.15, 0.2) is 6.61 Å². The fourth-order valence-corrected chi connectivity index (χ4v) is 2.54. The zero-order valence-corrected chi connectivity index (χ0v) is 10.5. The fraction of sp³-hybridized carbons (Fsp3) is 0.200. The van der Waals surface area contributed by atoms with Gasteiger partial charge in [-0.05, 0) is 12.5 Å². The van der Waals surface area contributed by atoms with Crippen molar-refractivity contribution in [1.82, 2.24) is 15.4 Å². The first-order chi connectivity index (χ1) is 9.00. The molecule has 2 heterocycles. The molecule has 0 radical (unpaired) electrons. The molecule has 3 N–H and O–H groups in total. The Morgan fingerprint density at radius 2 is 2.32 bits per heavy atom. The molecule has 2 aromatic rings. The van der Waals surface area contributed by atoms with Crippen molar-refractivity contribution in [1.29, 1.82) is 0 Å². The van der Waals surface area contributed by atoms with E-state index in [9.17, 15) is 14.4 Å². The molecule has 0 aromatic carbocycles. The molecule has 19 heavy (non-hydrogen) atoms. The minimum atomic E-state index is -1.20. The third-order valence-electron chi connectivity index (χ3n) is 2.30. The Bertz CT molecular complexity index is 705. The van der Waals surface area contributed by atoms with Crippen LogP contribution < -0.4 is 11.0 Å². The lowest BCUT2D eigenvalue weighted by Gasteiger charge is -2.02. The number of carbonyl (C=O) groups is 2. The topological polar surface area (TPSA) is 121 Å². The number of hydrogen-bond donors (Lipinski definition) is 3. The molecule has 9 heteroatoms. The number of nitrogens with one attached hydrogen (secondary N) is 2. The van der Waals surface area contributed by atoms with Gasteiger partial charge < -0.3 is 10.1 Å². The number of aryl methyl sites for hydroxylation is 1. The normalized spacial score (nSPS) is 10.6. The third-order valence-corrected chi connectivity index (χ3v) is 3.50. The number of nitrogens with zero attached hydrogens (tertiary/aromatic N) is 1. The summed E-state index contributed by atoms with van der Waals surface area (Å²) in [7, 11) is 0. The number of rotatable bonds is 4. The van der Waals surface area contributed by atoms with Crippen molar-refractivity contribution in [3.8, 4) is 0 Å².